The van der Waals surface area contributed by atoms with E-state index in [2.05, 4.69) is 40.2 Å². The number of hydrogen-bond acceptors (Lipinski definition) is 2. The van der Waals surface area contributed by atoms with Gasteiger partial charge in [-0.2, -0.15) is 5.06 Å². The molecule has 2 aromatic carbocycles. The molecule has 0 saturated carbocycles. The second-order valence-corrected chi connectivity index (χ2v) is 6.36. The molecule has 0 aromatic heterocycles. The summed E-state index contributed by atoms with van der Waals surface area (Å²) >= 11 is 3.74. The van der Waals surface area contributed by atoms with Crippen molar-refractivity contribution in [3.8, 4) is 0 Å². The molecule has 1 aliphatic heterocycles. The van der Waals surface area contributed by atoms with Gasteiger partial charge in [-0.3, -0.25) is 4.39 Å². The Hall–Kier alpha value is -0.970. The van der Waals surface area contributed by atoms with Crippen molar-refractivity contribution in [1.82, 2.24) is 5.06 Å². The maximum absolute atomic E-state index is 13.5. The predicted octanol–water partition coefficient (Wildman–Crippen LogP) is 4.54. The Labute approximate surface area is 133 Å². The van der Waals surface area contributed by atoms with Gasteiger partial charge in [0.05, 0.1) is 13.8 Å². The monoisotopic (exact) mass is 351 g/mol. The minimum absolute atomic E-state index is 0.0174. The highest BCUT2D eigenvalue weighted by Crippen LogP contribution is 2.39. The summed E-state index contributed by atoms with van der Waals surface area (Å²) in [7, 11) is 1.65. The molecule has 3 rings (SSSR count). The Morgan fingerprint density at radius 1 is 1.29 bits per heavy atom. The van der Waals surface area contributed by atoms with E-state index in [-0.39, 0.29) is 18.5 Å². The molecule has 0 N–H and O–H groups in total. The summed E-state index contributed by atoms with van der Waals surface area (Å²) in [6.07, 6.45) is 0.916. The summed E-state index contributed by atoms with van der Waals surface area (Å²) in [5, 5.41) is 4.26. The van der Waals surface area contributed by atoms with Crippen molar-refractivity contribution in [2.75, 3.05) is 26.9 Å². The van der Waals surface area contributed by atoms with Crippen LogP contribution < -0.4 is 0 Å². The minimum atomic E-state index is -0.316. The highest BCUT2D eigenvalue weighted by molar-refractivity contribution is 9.10. The van der Waals surface area contributed by atoms with Gasteiger partial charge in [0.1, 0.15) is 0 Å². The van der Waals surface area contributed by atoms with Crippen LogP contribution in [-0.4, -0.2) is 31.9 Å². The molecule has 2 atom stereocenters. The number of fused-ring (bicyclic) bond motifs is 1. The van der Waals surface area contributed by atoms with Gasteiger partial charge < -0.3 is 4.84 Å². The summed E-state index contributed by atoms with van der Waals surface area (Å²) in [5.41, 5.74) is 1.21. The van der Waals surface area contributed by atoms with Crippen molar-refractivity contribution in [3.63, 3.8) is 0 Å². The van der Waals surface area contributed by atoms with E-state index < -0.39 is 0 Å². The van der Waals surface area contributed by atoms with Crippen molar-refractivity contribution in [1.29, 1.82) is 0 Å². The van der Waals surface area contributed by atoms with Gasteiger partial charge in [-0.1, -0.05) is 36.4 Å². The first-order chi connectivity index (χ1) is 10.2. The average Bonchev–Trinajstić information content (AvgIpc) is 2.55. The minimum Gasteiger partial charge on any atom is -0.302 e. The standard InChI is InChI=1S/C17H19BrFNO/c1-21-20-9-8-14(13(10-19)11-20)16-7-6-12-4-2-3-5-15(12)17(16)18/h2-7,13-14H,8-11H2,1H3. The van der Waals surface area contributed by atoms with E-state index in [4.69, 9.17) is 4.84 Å². The van der Waals surface area contributed by atoms with Gasteiger partial charge in [-0.15, -0.1) is 0 Å². The lowest BCUT2D eigenvalue weighted by molar-refractivity contribution is -0.157. The van der Waals surface area contributed by atoms with Gasteiger partial charge >= 0.3 is 0 Å². The van der Waals surface area contributed by atoms with Gasteiger partial charge in [0.15, 0.2) is 0 Å². The average molecular weight is 352 g/mol. The third kappa shape index (κ3) is 2.85. The molecule has 0 spiro atoms. The summed E-state index contributed by atoms with van der Waals surface area (Å²) in [5.74, 6) is 0.219. The van der Waals surface area contributed by atoms with E-state index in [1.54, 1.807) is 7.11 Å². The number of benzene rings is 2. The second-order valence-electron chi connectivity index (χ2n) is 5.57. The van der Waals surface area contributed by atoms with Crippen LogP contribution >= 0.6 is 15.9 Å². The fourth-order valence-electron chi connectivity index (χ4n) is 3.27. The first-order valence-corrected chi connectivity index (χ1v) is 8.06. The largest absolute Gasteiger partial charge is 0.302 e. The van der Waals surface area contributed by atoms with E-state index in [0.29, 0.717) is 6.54 Å². The molecule has 21 heavy (non-hydrogen) atoms. The summed E-state index contributed by atoms with van der Waals surface area (Å²) < 4.78 is 14.6. The number of hydroxylamine groups is 2. The third-order valence-corrected chi connectivity index (χ3v) is 5.33. The fourth-order valence-corrected chi connectivity index (χ4v) is 4.05. The lowest BCUT2D eigenvalue weighted by Crippen LogP contribution is -2.39. The Morgan fingerprint density at radius 2 is 2.10 bits per heavy atom. The number of halogens is 2. The van der Waals surface area contributed by atoms with E-state index >= 15 is 0 Å². The molecule has 4 heteroatoms. The van der Waals surface area contributed by atoms with Crippen LogP contribution in [0.1, 0.15) is 17.9 Å². The van der Waals surface area contributed by atoms with Crippen LogP contribution in [0.15, 0.2) is 40.9 Å². The number of rotatable bonds is 3. The van der Waals surface area contributed by atoms with E-state index in [9.17, 15) is 4.39 Å². The second kappa shape index (κ2) is 6.42. The highest BCUT2D eigenvalue weighted by Gasteiger charge is 2.32. The lowest BCUT2D eigenvalue weighted by atomic mass is 9.81. The van der Waals surface area contributed by atoms with Crippen LogP contribution in [0.4, 0.5) is 4.39 Å². The van der Waals surface area contributed by atoms with Gasteiger partial charge in [0, 0.05) is 23.5 Å². The molecule has 1 heterocycles. The van der Waals surface area contributed by atoms with Crippen molar-refractivity contribution < 1.29 is 9.23 Å². The summed E-state index contributed by atoms with van der Waals surface area (Å²) in [6.45, 7) is 1.18. The molecule has 0 radical (unpaired) electrons. The van der Waals surface area contributed by atoms with E-state index in [0.717, 1.165) is 17.4 Å². The van der Waals surface area contributed by atoms with Crippen LogP contribution in [-0.2, 0) is 4.84 Å². The van der Waals surface area contributed by atoms with Crippen molar-refractivity contribution >= 4 is 26.7 Å². The maximum Gasteiger partial charge on any atom is 0.0941 e. The molecule has 1 fully saturated rings. The molecule has 0 bridgehead atoms. The maximum atomic E-state index is 13.5. The summed E-state index contributed by atoms with van der Waals surface area (Å²) in [6, 6.07) is 12.6. The van der Waals surface area contributed by atoms with Crippen molar-refractivity contribution in [3.05, 3.63) is 46.4 Å². The van der Waals surface area contributed by atoms with Gasteiger partial charge in [-0.05, 0) is 44.6 Å². The highest BCUT2D eigenvalue weighted by atomic mass is 79.9. The zero-order valence-corrected chi connectivity index (χ0v) is 13.6. The van der Waals surface area contributed by atoms with E-state index in [1.807, 2.05) is 17.2 Å². The molecular formula is C17H19BrFNO. The topological polar surface area (TPSA) is 12.5 Å². The molecule has 2 nitrogen and oxygen atoms in total. The van der Waals surface area contributed by atoms with Crippen molar-refractivity contribution in [2.45, 2.75) is 12.3 Å². The molecule has 0 amide bonds. The Kier molecular flexibility index (Phi) is 4.57. The van der Waals surface area contributed by atoms with Crippen LogP contribution in [0, 0.1) is 5.92 Å². The van der Waals surface area contributed by atoms with Crippen LogP contribution in [0.3, 0.4) is 0 Å². The Bertz CT molecular complexity index is 633. The number of alkyl halides is 1. The Morgan fingerprint density at radius 3 is 2.86 bits per heavy atom. The SMILES string of the molecule is CON1CCC(c2ccc3ccccc3c2Br)C(CF)C1. The fraction of sp³-hybridized carbons (Fsp3) is 0.412. The molecule has 1 aliphatic rings. The molecular weight excluding hydrogens is 333 g/mol. The normalized spacial score (nSPS) is 23.6. The molecule has 2 aromatic rings. The smallest absolute Gasteiger partial charge is 0.0941 e. The van der Waals surface area contributed by atoms with E-state index in [1.165, 1.54) is 16.3 Å². The van der Waals surface area contributed by atoms with Gasteiger partial charge in [0.25, 0.3) is 0 Å². The molecule has 0 aliphatic carbocycles. The zero-order valence-electron chi connectivity index (χ0n) is 12.1. The number of piperidine rings is 1. The van der Waals surface area contributed by atoms with Crippen molar-refractivity contribution in [2.24, 2.45) is 5.92 Å². The summed E-state index contributed by atoms with van der Waals surface area (Å²) in [4.78, 5) is 5.26. The molecule has 2 unspecified atom stereocenters. The molecule has 112 valence electrons. The zero-order chi connectivity index (χ0) is 14.8. The Balaban J connectivity index is 1.97. The first-order valence-electron chi connectivity index (χ1n) is 7.26. The van der Waals surface area contributed by atoms with Gasteiger partial charge in [-0.25, -0.2) is 0 Å². The van der Waals surface area contributed by atoms with Crippen LogP contribution in [0.2, 0.25) is 0 Å². The number of nitrogens with zero attached hydrogens (tertiary/aromatic N) is 1. The van der Waals surface area contributed by atoms with Crippen LogP contribution in [0.25, 0.3) is 10.8 Å². The lowest BCUT2D eigenvalue weighted by Gasteiger charge is -2.36. The molecule has 1 saturated heterocycles. The number of hydrogen-bond donors (Lipinski definition) is 0. The third-order valence-electron chi connectivity index (χ3n) is 4.45. The van der Waals surface area contributed by atoms with Gasteiger partial charge in [0.2, 0.25) is 0 Å². The van der Waals surface area contributed by atoms with Crippen LogP contribution in [0.5, 0.6) is 0 Å². The quantitative estimate of drug-likeness (QED) is 0.804. The predicted molar refractivity (Wildman–Crippen MR) is 87.1 cm³/mol. The first kappa shape index (κ1) is 14.9.